The fraction of sp³-hybridized carbons (Fsp3) is 0.250. The molecular formula is C12H14N2. The van der Waals surface area contributed by atoms with Crippen molar-refractivity contribution in [3.8, 4) is 0 Å². The molecule has 0 aliphatic heterocycles. The van der Waals surface area contributed by atoms with Gasteiger partial charge in [-0.25, -0.2) is 4.98 Å². The zero-order valence-electron chi connectivity index (χ0n) is 8.49. The van der Waals surface area contributed by atoms with Gasteiger partial charge in [0.1, 0.15) is 5.82 Å². The van der Waals surface area contributed by atoms with Gasteiger partial charge in [-0.3, -0.25) is 0 Å². The van der Waals surface area contributed by atoms with Crippen LogP contribution >= 0.6 is 0 Å². The highest BCUT2D eigenvalue weighted by Gasteiger charge is 1.98. The molecule has 0 amide bonds. The van der Waals surface area contributed by atoms with Crippen LogP contribution in [-0.4, -0.2) is 11.0 Å². The Hall–Kier alpha value is -1.57. The van der Waals surface area contributed by atoms with Gasteiger partial charge in [-0.1, -0.05) is 18.2 Å². The van der Waals surface area contributed by atoms with E-state index < -0.39 is 0 Å². The summed E-state index contributed by atoms with van der Waals surface area (Å²) < 4.78 is 0. The number of hydrogen-bond donors (Lipinski definition) is 1. The van der Waals surface area contributed by atoms with Crippen molar-refractivity contribution in [2.24, 2.45) is 0 Å². The molecule has 2 nitrogen and oxygen atoms in total. The third-order valence-electron chi connectivity index (χ3n) is 2.03. The number of pyridine rings is 1. The molecule has 0 saturated carbocycles. The van der Waals surface area contributed by atoms with E-state index in [0.717, 1.165) is 11.3 Å². The molecule has 0 atom stereocenters. The lowest BCUT2D eigenvalue weighted by atomic mass is 10.2. The van der Waals surface area contributed by atoms with Crippen molar-refractivity contribution in [2.75, 3.05) is 5.32 Å². The SMILES string of the molecule is CC(C)Nc1ccc2ccccc2n1. The summed E-state index contributed by atoms with van der Waals surface area (Å²) in [4.78, 5) is 4.50. The number of para-hydroxylation sites is 1. The monoisotopic (exact) mass is 186 g/mol. The van der Waals surface area contributed by atoms with E-state index in [0.29, 0.717) is 6.04 Å². The smallest absolute Gasteiger partial charge is 0.126 e. The minimum Gasteiger partial charge on any atom is -0.368 e. The zero-order valence-corrected chi connectivity index (χ0v) is 8.49. The first-order valence-electron chi connectivity index (χ1n) is 4.88. The molecular weight excluding hydrogens is 172 g/mol. The zero-order chi connectivity index (χ0) is 9.97. The van der Waals surface area contributed by atoms with Crippen molar-refractivity contribution in [3.05, 3.63) is 36.4 Å². The summed E-state index contributed by atoms with van der Waals surface area (Å²) >= 11 is 0. The summed E-state index contributed by atoms with van der Waals surface area (Å²) in [5.41, 5.74) is 1.04. The number of nitrogens with one attached hydrogen (secondary N) is 1. The molecule has 0 fully saturated rings. The van der Waals surface area contributed by atoms with E-state index in [1.54, 1.807) is 0 Å². The molecule has 72 valence electrons. The van der Waals surface area contributed by atoms with Crippen molar-refractivity contribution in [3.63, 3.8) is 0 Å². The predicted octanol–water partition coefficient (Wildman–Crippen LogP) is 3.06. The molecule has 0 bridgehead atoms. The topological polar surface area (TPSA) is 24.9 Å². The second-order valence-electron chi connectivity index (χ2n) is 3.69. The van der Waals surface area contributed by atoms with E-state index in [4.69, 9.17) is 0 Å². The maximum Gasteiger partial charge on any atom is 0.126 e. The van der Waals surface area contributed by atoms with Crippen LogP contribution in [0, 0.1) is 0 Å². The standard InChI is InChI=1S/C12H14N2/c1-9(2)13-12-8-7-10-5-3-4-6-11(10)14-12/h3-9H,1-2H3,(H,13,14). The normalized spacial score (nSPS) is 10.8. The third kappa shape index (κ3) is 1.84. The van der Waals surface area contributed by atoms with Gasteiger partial charge in [0.25, 0.3) is 0 Å². The fourth-order valence-electron chi connectivity index (χ4n) is 1.44. The molecule has 0 aliphatic carbocycles. The Bertz CT molecular complexity index is 435. The van der Waals surface area contributed by atoms with Gasteiger partial charge >= 0.3 is 0 Å². The second kappa shape index (κ2) is 3.66. The molecule has 1 N–H and O–H groups in total. The summed E-state index contributed by atoms with van der Waals surface area (Å²) in [6.07, 6.45) is 0. The lowest BCUT2D eigenvalue weighted by molar-refractivity contribution is 0.891. The minimum absolute atomic E-state index is 0.420. The van der Waals surface area contributed by atoms with Crippen LogP contribution in [0.3, 0.4) is 0 Å². The Balaban J connectivity index is 2.41. The lowest BCUT2D eigenvalue weighted by Crippen LogP contribution is -2.10. The molecule has 0 aliphatic rings. The van der Waals surface area contributed by atoms with Gasteiger partial charge in [-0.2, -0.15) is 0 Å². The van der Waals surface area contributed by atoms with Crippen LogP contribution < -0.4 is 5.32 Å². The largest absolute Gasteiger partial charge is 0.368 e. The van der Waals surface area contributed by atoms with Crippen LogP contribution in [0.15, 0.2) is 36.4 Å². The van der Waals surface area contributed by atoms with Gasteiger partial charge in [-0.05, 0) is 32.0 Å². The average molecular weight is 186 g/mol. The van der Waals surface area contributed by atoms with E-state index in [-0.39, 0.29) is 0 Å². The average Bonchev–Trinajstić information content (AvgIpc) is 2.17. The molecule has 0 spiro atoms. The molecule has 1 aromatic carbocycles. The first-order valence-corrected chi connectivity index (χ1v) is 4.88. The highest BCUT2D eigenvalue weighted by atomic mass is 15.0. The molecule has 2 heteroatoms. The molecule has 2 aromatic rings. The van der Waals surface area contributed by atoms with Crippen molar-refractivity contribution in [2.45, 2.75) is 19.9 Å². The Morgan fingerprint density at radius 2 is 1.86 bits per heavy atom. The Morgan fingerprint density at radius 1 is 1.07 bits per heavy atom. The van der Waals surface area contributed by atoms with Crippen LogP contribution in [0.1, 0.15) is 13.8 Å². The van der Waals surface area contributed by atoms with E-state index >= 15 is 0 Å². The molecule has 0 radical (unpaired) electrons. The van der Waals surface area contributed by atoms with Gasteiger partial charge < -0.3 is 5.32 Å². The molecule has 1 heterocycles. The van der Waals surface area contributed by atoms with Gasteiger partial charge in [0.15, 0.2) is 0 Å². The van der Waals surface area contributed by atoms with Gasteiger partial charge in [-0.15, -0.1) is 0 Å². The molecule has 14 heavy (non-hydrogen) atoms. The van der Waals surface area contributed by atoms with Crippen LogP contribution in [0.4, 0.5) is 5.82 Å². The number of rotatable bonds is 2. The molecule has 0 unspecified atom stereocenters. The molecule has 2 rings (SSSR count). The molecule has 0 saturated heterocycles. The fourth-order valence-corrected chi connectivity index (χ4v) is 1.44. The first-order chi connectivity index (χ1) is 6.75. The number of anilines is 1. The number of hydrogen-bond acceptors (Lipinski definition) is 2. The van der Waals surface area contributed by atoms with Crippen molar-refractivity contribution < 1.29 is 0 Å². The Kier molecular flexibility index (Phi) is 2.35. The number of fused-ring (bicyclic) bond motifs is 1. The summed E-state index contributed by atoms with van der Waals surface area (Å²) in [6.45, 7) is 4.22. The van der Waals surface area contributed by atoms with Gasteiger partial charge in [0, 0.05) is 11.4 Å². The highest BCUT2D eigenvalue weighted by Crippen LogP contribution is 2.14. The van der Waals surface area contributed by atoms with Crippen LogP contribution in [0.25, 0.3) is 10.9 Å². The number of benzene rings is 1. The third-order valence-corrected chi connectivity index (χ3v) is 2.03. The van der Waals surface area contributed by atoms with Crippen molar-refractivity contribution >= 4 is 16.7 Å². The maximum absolute atomic E-state index is 4.50. The summed E-state index contributed by atoms with van der Waals surface area (Å²) in [5.74, 6) is 0.943. The van der Waals surface area contributed by atoms with E-state index in [1.807, 2.05) is 24.3 Å². The maximum atomic E-state index is 4.50. The minimum atomic E-state index is 0.420. The number of aromatic nitrogens is 1. The summed E-state index contributed by atoms with van der Waals surface area (Å²) in [7, 11) is 0. The van der Waals surface area contributed by atoms with Crippen LogP contribution in [-0.2, 0) is 0 Å². The van der Waals surface area contributed by atoms with Crippen LogP contribution in [0.5, 0.6) is 0 Å². The predicted molar refractivity (Wildman–Crippen MR) is 60.5 cm³/mol. The Morgan fingerprint density at radius 3 is 2.64 bits per heavy atom. The first kappa shape index (κ1) is 9.00. The van der Waals surface area contributed by atoms with E-state index in [1.165, 1.54) is 5.39 Å². The summed E-state index contributed by atoms with van der Waals surface area (Å²) in [6, 6.07) is 12.7. The molecule has 1 aromatic heterocycles. The van der Waals surface area contributed by atoms with E-state index in [2.05, 4.69) is 36.3 Å². The summed E-state index contributed by atoms with van der Waals surface area (Å²) in [5, 5.41) is 4.47. The lowest BCUT2D eigenvalue weighted by Gasteiger charge is -2.09. The quantitative estimate of drug-likeness (QED) is 0.779. The van der Waals surface area contributed by atoms with Crippen LogP contribution in [0.2, 0.25) is 0 Å². The van der Waals surface area contributed by atoms with Crippen molar-refractivity contribution in [1.82, 2.24) is 4.98 Å². The Labute approximate surface area is 84.0 Å². The highest BCUT2D eigenvalue weighted by molar-refractivity contribution is 5.80. The van der Waals surface area contributed by atoms with Gasteiger partial charge in [0.2, 0.25) is 0 Å². The van der Waals surface area contributed by atoms with E-state index in [9.17, 15) is 0 Å². The number of nitrogens with zero attached hydrogens (tertiary/aromatic N) is 1. The second-order valence-corrected chi connectivity index (χ2v) is 3.69. The van der Waals surface area contributed by atoms with Gasteiger partial charge in [0.05, 0.1) is 5.52 Å². The van der Waals surface area contributed by atoms with Crippen molar-refractivity contribution in [1.29, 1.82) is 0 Å².